The SMILES string of the molecule is CCOc1ccccc1CN1CCN(Cc2cccc(OC)c2OC)C[C@H]1CCO. The molecule has 1 aliphatic heterocycles. The van der Waals surface area contributed by atoms with Gasteiger partial charge in [-0.2, -0.15) is 0 Å². The second kappa shape index (κ2) is 11.2. The molecule has 2 aromatic carbocycles. The number of ether oxygens (including phenoxy) is 3. The van der Waals surface area contributed by atoms with Crippen LogP contribution in [0.5, 0.6) is 17.2 Å². The minimum absolute atomic E-state index is 0.185. The largest absolute Gasteiger partial charge is 0.494 e. The van der Waals surface area contributed by atoms with Crippen LogP contribution in [0, 0.1) is 0 Å². The van der Waals surface area contributed by atoms with Gasteiger partial charge in [0.05, 0.1) is 20.8 Å². The molecular weight excluding hydrogens is 380 g/mol. The third-order valence-electron chi connectivity index (χ3n) is 5.68. The molecule has 0 bridgehead atoms. The first-order valence-corrected chi connectivity index (χ1v) is 10.7. The van der Waals surface area contributed by atoms with Gasteiger partial charge in [0.2, 0.25) is 0 Å². The molecule has 30 heavy (non-hydrogen) atoms. The quantitative estimate of drug-likeness (QED) is 0.645. The Morgan fingerprint density at radius 3 is 2.43 bits per heavy atom. The summed E-state index contributed by atoms with van der Waals surface area (Å²) in [5, 5.41) is 9.66. The summed E-state index contributed by atoms with van der Waals surface area (Å²) in [6.07, 6.45) is 0.753. The molecule has 1 saturated heterocycles. The summed E-state index contributed by atoms with van der Waals surface area (Å²) < 4.78 is 16.9. The minimum atomic E-state index is 0.185. The molecule has 6 nitrogen and oxygen atoms in total. The highest BCUT2D eigenvalue weighted by Gasteiger charge is 2.28. The first-order valence-electron chi connectivity index (χ1n) is 10.7. The average Bonchev–Trinajstić information content (AvgIpc) is 2.77. The predicted molar refractivity (Wildman–Crippen MR) is 118 cm³/mol. The van der Waals surface area contributed by atoms with E-state index in [4.69, 9.17) is 14.2 Å². The Balaban J connectivity index is 1.70. The highest BCUT2D eigenvalue weighted by molar-refractivity contribution is 5.46. The number of piperazine rings is 1. The molecule has 1 aliphatic rings. The number of methoxy groups -OCH3 is 2. The second-order valence-corrected chi connectivity index (χ2v) is 7.57. The predicted octanol–water partition coefficient (Wildman–Crippen LogP) is 3.17. The molecular formula is C24H34N2O4. The van der Waals surface area contributed by atoms with Gasteiger partial charge in [-0.15, -0.1) is 0 Å². The number of nitrogens with zero attached hydrogens (tertiary/aromatic N) is 2. The van der Waals surface area contributed by atoms with Crippen LogP contribution in [0.4, 0.5) is 0 Å². The van der Waals surface area contributed by atoms with E-state index in [0.717, 1.165) is 62.0 Å². The molecule has 2 aromatic rings. The molecule has 3 rings (SSSR count). The van der Waals surface area contributed by atoms with Gasteiger partial charge in [0.25, 0.3) is 0 Å². The smallest absolute Gasteiger partial charge is 0.165 e. The Hall–Kier alpha value is -2.28. The molecule has 0 unspecified atom stereocenters. The van der Waals surface area contributed by atoms with Crippen LogP contribution < -0.4 is 14.2 Å². The zero-order valence-electron chi connectivity index (χ0n) is 18.3. The van der Waals surface area contributed by atoms with Crippen molar-refractivity contribution in [3.8, 4) is 17.2 Å². The highest BCUT2D eigenvalue weighted by atomic mass is 16.5. The van der Waals surface area contributed by atoms with E-state index in [-0.39, 0.29) is 12.6 Å². The van der Waals surface area contributed by atoms with E-state index in [0.29, 0.717) is 6.61 Å². The van der Waals surface area contributed by atoms with E-state index >= 15 is 0 Å². The summed E-state index contributed by atoms with van der Waals surface area (Å²) >= 11 is 0. The summed E-state index contributed by atoms with van der Waals surface area (Å²) in [5.41, 5.74) is 2.32. The van der Waals surface area contributed by atoms with E-state index in [9.17, 15) is 5.11 Å². The van der Waals surface area contributed by atoms with Gasteiger partial charge in [0.1, 0.15) is 5.75 Å². The van der Waals surface area contributed by atoms with E-state index in [1.807, 2.05) is 31.2 Å². The van der Waals surface area contributed by atoms with E-state index < -0.39 is 0 Å². The van der Waals surface area contributed by atoms with Crippen molar-refractivity contribution >= 4 is 0 Å². The third-order valence-corrected chi connectivity index (χ3v) is 5.68. The van der Waals surface area contributed by atoms with Crippen LogP contribution >= 0.6 is 0 Å². The molecule has 0 aromatic heterocycles. The first kappa shape index (κ1) is 22.4. The normalized spacial score (nSPS) is 17.7. The summed E-state index contributed by atoms with van der Waals surface area (Å²) in [4.78, 5) is 4.90. The lowest BCUT2D eigenvalue weighted by atomic mass is 10.1. The maximum Gasteiger partial charge on any atom is 0.165 e. The fourth-order valence-corrected chi connectivity index (χ4v) is 4.20. The Morgan fingerprint density at radius 1 is 0.933 bits per heavy atom. The molecule has 0 aliphatic carbocycles. The lowest BCUT2D eigenvalue weighted by Gasteiger charge is -2.41. The Kier molecular flexibility index (Phi) is 8.37. The first-order chi connectivity index (χ1) is 14.7. The van der Waals surface area contributed by atoms with Gasteiger partial charge in [-0.25, -0.2) is 0 Å². The average molecular weight is 415 g/mol. The maximum atomic E-state index is 9.66. The topological polar surface area (TPSA) is 54.4 Å². The maximum absolute atomic E-state index is 9.66. The third kappa shape index (κ3) is 5.45. The monoisotopic (exact) mass is 414 g/mol. The zero-order chi connectivity index (χ0) is 21.3. The van der Waals surface area contributed by atoms with Gasteiger partial charge < -0.3 is 19.3 Å². The van der Waals surface area contributed by atoms with Gasteiger partial charge in [-0.05, 0) is 25.5 Å². The number of hydrogen-bond acceptors (Lipinski definition) is 6. The van der Waals surface area contributed by atoms with Crippen molar-refractivity contribution in [2.45, 2.75) is 32.5 Å². The van der Waals surface area contributed by atoms with Crippen LogP contribution in [0.3, 0.4) is 0 Å². The lowest BCUT2D eigenvalue weighted by molar-refractivity contribution is 0.0490. The van der Waals surface area contributed by atoms with Crippen LogP contribution in [0.1, 0.15) is 24.5 Å². The lowest BCUT2D eigenvalue weighted by Crippen LogP contribution is -2.52. The highest BCUT2D eigenvalue weighted by Crippen LogP contribution is 2.32. The van der Waals surface area contributed by atoms with Crippen molar-refractivity contribution in [2.75, 3.05) is 47.1 Å². The van der Waals surface area contributed by atoms with E-state index in [1.54, 1.807) is 14.2 Å². The van der Waals surface area contributed by atoms with Crippen molar-refractivity contribution in [1.82, 2.24) is 9.80 Å². The van der Waals surface area contributed by atoms with Crippen molar-refractivity contribution in [2.24, 2.45) is 0 Å². The molecule has 6 heteroatoms. The van der Waals surface area contributed by atoms with Gasteiger partial charge in [0.15, 0.2) is 11.5 Å². The molecule has 1 atom stereocenters. The molecule has 0 radical (unpaired) electrons. The fraction of sp³-hybridized carbons (Fsp3) is 0.500. The second-order valence-electron chi connectivity index (χ2n) is 7.57. The molecule has 0 spiro atoms. The van der Waals surface area contributed by atoms with Gasteiger partial charge in [-0.3, -0.25) is 9.80 Å². The zero-order valence-corrected chi connectivity index (χ0v) is 18.3. The van der Waals surface area contributed by atoms with Gasteiger partial charge in [0, 0.05) is 56.5 Å². The summed E-state index contributed by atoms with van der Waals surface area (Å²) in [6, 6.07) is 14.5. The Labute approximate surface area is 180 Å². The number of rotatable bonds is 10. The molecule has 0 amide bonds. The number of para-hydroxylation sites is 2. The number of hydrogen-bond donors (Lipinski definition) is 1. The standard InChI is InChI=1S/C24H34N2O4/c1-4-30-22-10-6-5-8-19(22)17-26-14-13-25(18-21(26)12-15-27)16-20-9-7-11-23(28-2)24(20)29-3/h5-11,21,27H,4,12-18H2,1-3H3/t21-/m1/s1. The molecule has 0 saturated carbocycles. The number of aliphatic hydroxyl groups is 1. The van der Waals surface area contributed by atoms with Crippen LogP contribution in [0.2, 0.25) is 0 Å². The van der Waals surface area contributed by atoms with Crippen molar-refractivity contribution in [3.05, 3.63) is 53.6 Å². The van der Waals surface area contributed by atoms with Gasteiger partial charge in [-0.1, -0.05) is 30.3 Å². The van der Waals surface area contributed by atoms with E-state index in [1.165, 1.54) is 5.56 Å². The van der Waals surface area contributed by atoms with Crippen LogP contribution in [-0.4, -0.2) is 68.0 Å². The van der Waals surface area contributed by atoms with Crippen molar-refractivity contribution in [1.29, 1.82) is 0 Å². The van der Waals surface area contributed by atoms with Crippen molar-refractivity contribution < 1.29 is 19.3 Å². The summed E-state index contributed by atoms with van der Waals surface area (Å²) in [7, 11) is 3.35. The molecule has 1 fully saturated rings. The molecule has 1 heterocycles. The molecule has 164 valence electrons. The number of aliphatic hydroxyl groups excluding tert-OH is 1. The molecule has 1 N–H and O–H groups in total. The van der Waals surface area contributed by atoms with Crippen LogP contribution in [0.25, 0.3) is 0 Å². The summed E-state index contributed by atoms with van der Waals surface area (Å²) in [5.74, 6) is 2.51. The van der Waals surface area contributed by atoms with Gasteiger partial charge >= 0.3 is 0 Å². The summed E-state index contributed by atoms with van der Waals surface area (Å²) in [6.45, 7) is 7.28. The van der Waals surface area contributed by atoms with E-state index in [2.05, 4.69) is 28.0 Å². The Morgan fingerprint density at radius 2 is 1.70 bits per heavy atom. The minimum Gasteiger partial charge on any atom is -0.494 e. The Bertz CT molecular complexity index is 799. The van der Waals surface area contributed by atoms with Crippen LogP contribution in [-0.2, 0) is 13.1 Å². The van der Waals surface area contributed by atoms with Crippen LogP contribution in [0.15, 0.2) is 42.5 Å². The van der Waals surface area contributed by atoms with Crippen molar-refractivity contribution in [3.63, 3.8) is 0 Å². The number of benzene rings is 2. The fourth-order valence-electron chi connectivity index (χ4n) is 4.20.